The lowest BCUT2D eigenvalue weighted by Gasteiger charge is -2.08. The molecular formula is C30H26ClN3O2. The summed E-state index contributed by atoms with van der Waals surface area (Å²) in [5, 5.41) is 3.36. The van der Waals surface area contributed by atoms with Crippen LogP contribution in [0.15, 0.2) is 89.3 Å². The second-order valence-corrected chi connectivity index (χ2v) is 8.86. The molecule has 0 aliphatic carbocycles. The third-order valence-corrected chi connectivity index (χ3v) is 6.75. The maximum atomic E-state index is 12.0. The minimum absolute atomic E-state index is 0. The number of aromatic amines is 1. The first-order chi connectivity index (χ1) is 17.1. The van der Waals surface area contributed by atoms with Crippen molar-refractivity contribution in [1.29, 1.82) is 0 Å². The van der Waals surface area contributed by atoms with E-state index in [1.165, 1.54) is 5.56 Å². The van der Waals surface area contributed by atoms with Gasteiger partial charge in [0.15, 0.2) is 0 Å². The highest BCUT2D eigenvalue weighted by molar-refractivity contribution is 6.10. The van der Waals surface area contributed by atoms with Gasteiger partial charge in [-0.1, -0.05) is 60.7 Å². The number of halogens is 1. The molecule has 0 saturated heterocycles. The number of amides is 1. The molecule has 0 unspecified atom stereocenters. The zero-order valence-corrected chi connectivity index (χ0v) is 20.4. The molecule has 2 aromatic heterocycles. The number of benzene rings is 4. The van der Waals surface area contributed by atoms with Crippen molar-refractivity contribution in [3.63, 3.8) is 0 Å². The molecule has 0 radical (unpaired) electrons. The Hall–Kier alpha value is -4.06. The van der Waals surface area contributed by atoms with E-state index < -0.39 is 5.91 Å². The Labute approximate surface area is 214 Å². The summed E-state index contributed by atoms with van der Waals surface area (Å²) in [7, 11) is 0. The molecule has 0 atom stereocenters. The van der Waals surface area contributed by atoms with Gasteiger partial charge in [-0.2, -0.15) is 0 Å². The number of para-hydroxylation sites is 2. The predicted octanol–water partition coefficient (Wildman–Crippen LogP) is 6.35. The van der Waals surface area contributed by atoms with Gasteiger partial charge >= 0.3 is 0 Å². The molecule has 0 aliphatic rings. The SMILES string of the molecule is Cl.NCCc1c(Cc2ccccc2C(N)=O)[nH]c2ccc(-c3cccc4c3oc3ccccc34)cc12. The Kier molecular flexibility index (Phi) is 6.27. The molecular weight excluding hydrogens is 470 g/mol. The molecule has 1 amide bonds. The fraction of sp³-hybridized carbons (Fsp3) is 0.100. The Balaban J connectivity index is 0.00000267. The van der Waals surface area contributed by atoms with Crippen LogP contribution in [0.25, 0.3) is 44.0 Å². The van der Waals surface area contributed by atoms with Gasteiger partial charge in [0, 0.05) is 44.9 Å². The summed E-state index contributed by atoms with van der Waals surface area (Å²) in [4.78, 5) is 15.5. The first kappa shape index (κ1) is 23.7. The van der Waals surface area contributed by atoms with E-state index in [4.69, 9.17) is 15.9 Å². The van der Waals surface area contributed by atoms with Crippen molar-refractivity contribution < 1.29 is 9.21 Å². The third kappa shape index (κ3) is 3.92. The van der Waals surface area contributed by atoms with Crippen LogP contribution in [0.4, 0.5) is 0 Å². The van der Waals surface area contributed by atoms with Gasteiger partial charge in [-0.15, -0.1) is 12.4 Å². The average molecular weight is 496 g/mol. The van der Waals surface area contributed by atoms with E-state index in [9.17, 15) is 4.79 Å². The van der Waals surface area contributed by atoms with Gasteiger partial charge in [-0.25, -0.2) is 0 Å². The average Bonchev–Trinajstić information content (AvgIpc) is 3.42. The third-order valence-electron chi connectivity index (χ3n) is 6.75. The molecule has 0 aliphatic heterocycles. The number of primary amides is 1. The highest BCUT2D eigenvalue weighted by Gasteiger charge is 2.17. The van der Waals surface area contributed by atoms with Crippen LogP contribution >= 0.6 is 12.4 Å². The highest BCUT2D eigenvalue weighted by atomic mass is 35.5. The van der Waals surface area contributed by atoms with E-state index in [2.05, 4.69) is 47.4 Å². The van der Waals surface area contributed by atoms with Crippen molar-refractivity contribution in [2.45, 2.75) is 12.8 Å². The number of H-pyrrole nitrogens is 1. The van der Waals surface area contributed by atoms with Gasteiger partial charge in [0.2, 0.25) is 5.91 Å². The summed E-state index contributed by atoms with van der Waals surface area (Å²) in [5.74, 6) is -0.418. The zero-order chi connectivity index (χ0) is 23.9. The summed E-state index contributed by atoms with van der Waals surface area (Å²) >= 11 is 0. The molecule has 6 heteroatoms. The number of nitrogens with two attached hydrogens (primary N) is 2. The monoisotopic (exact) mass is 495 g/mol. The first-order valence-electron chi connectivity index (χ1n) is 11.8. The molecule has 2 heterocycles. The lowest BCUT2D eigenvalue weighted by atomic mass is 9.96. The van der Waals surface area contributed by atoms with Crippen molar-refractivity contribution in [3.8, 4) is 11.1 Å². The Morgan fingerprint density at radius 3 is 2.47 bits per heavy atom. The van der Waals surface area contributed by atoms with Gasteiger partial charge in [0.1, 0.15) is 11.2 Å². The standard InChI is InChI=1S/C30H25N3O2.ClH/c31-15-14-22-25-16-19(20-9-5-10-24-23-8-3-4-11-28(23)35-29(20)24)12-13-26(25)33-27(22)17-18-6-1-2-7-21(18)30(32)34;/h1-13,16,33H,14-15,17,31H2,(H2,32,34);1H. The molecule has 0 bridgehead atoms. The van der Waals surface area contributed by atoms with Crippen molar-refractivity contribution in [2.75, 3.05) is 6.54 Å². The Bertz CT molecular complexity index is 1730. The Morgan fingerprint density at radius 2 is 1.64 bits per heavy atom. The van der Waals surface area contributed by atoms with Crippen LogP contribution in [0.1, 0.15) is 27.2 Å². The van der Waals surface area contributed by atoms with E-state index in [1.54, 1.807) is 6.07 Å². The van der Waals surface area contributed by atoms with Crippen LogP contribution in [-0.2, 0) is 12.8 Å². The van der Waals surface area contributed by atoms with E-state index >= 15 is 0 Å². The molecule has 6 aromatic rings. The summed E-state index contributed by atoms with van der Waals surface area (Å²) in [6.07, 6.45) is 1.31. The van der Waals surface area contributed by atoms with Crippen molar-refractivity contribution in [2.24, 2.45) is 11.5 Å². The lowest BCUT2D eigenvalue weighted by Crippen LogP contribution is -2.14. The smallest absolute Gasteiger partial charge is 0.248 e. The molecule has 36 heavy (non-hydrogen) atoms. The minimum atomic E-state index is -0.418. The number of hydrogen-bond donors (Lipinski definition) is 3. The molecule has 6 rings (SSSR count). The molecule has 0 saturated carbocycles. The summed E-state index contributed by atoms with van der Waals surface area (Å²) < 4.78 is 6.28. The number of aromatic nitrogens is 1. The quantitative estimate of drug-likeness (QED) is 0.251. The van der Waals surface area contributed by atoms with Crippen LogP contribution in [0.3, 0.4) is 0 Å². The first-order valence-corrected chi connectivity index (χ1v) is 11.8. The second kappa shape index (κ2) is 9.53. The highest BCUT2D eigenvalue weighted by Crippen LogP contribution is 2.37. The minimum Gasteiger partial charge on any atom is -0.455 e. The topological polar surface area (TPSA) is 98.0 Å². The number of nitrogens with one attached hydrogen (secondary N) is 1. The summed E-state index contributed by atoms with van der Waals surface area (Å²) in [6.45, 7) is 0.529. The lowest BCUT2D eigenvalue weighted by molar-refractivity contribution is 0.0999. The van der Waals surface area contributed by atoms with Gasteiger partial charge in [0.05, 0.1) is 0 Å². The number of furan rings is 1. The fourth-order valence-electron chi connectivity index (χ4n) is 5.13. The van der Waals surface area contributed by atoms with Crippen LogP contribution in [0.5, 0.6) is 0 Å². The normalized spacial score (nSPS) is 11.2. The van der Waals surface area contributed by atoms with Crippen LogP contribution in [-0.4, -0.2) is 17.4 Å². The van der Waals surface area contributed by atoms with Gasteiger partial charge < -0.3 is 20.9 Å². The van der Waals surface area contributed by atoms with Crippen LogP contribution in [0.2, 0.25) is 0 Å². The molecule has 180 valence electrons. The zero-order valence-electron chi connectivity index (χ0n) is 19.6. The molecule has 5 nitrogen and oxygen atoms in total. The maximum Gasteiger partial charge on any atom is 0.248 e. The number of rotatable bonds is 6. The van der Waals surface area contributed by atoms with Gasteiger partial charge in [0.25, 0.3) is 0 Å². The van der Waals surface area contributed by atoms with E-state index in [0.29, 0.717) is 18.5 Å². The Morgan fingerprint density at radius 1 is 0.861 bits per heavy atom. The largest absolute Gasteiger partial charge is 0.455 e. The number of hydrogen-bond acceptors (Lipinski definition) is 3. The van der Waals surface area contributed by atoms with Gasteiger partial charge in [-0.05, 0) is 53.9 Å². The molecule has 0 spiro atoms. The molecule has 4 aromatic carbocycles. The predicted molar refractivity (Wildman–Crippen MR) is 149 cm³/mol. The van der Waals surface area contributed by atoms with Crippen molar-refractivity contribution in [1.82, 2.24) is 4.98 Å². The number of carbonyl (C=O) groups is 1. The summed E-state index contributed by atoms with van der Waals surface area (Å²) in [5.41, 5.74) is 20.3. The van der Waals surface area contributed by atoms with E-state index in [1.807, 2.05) is 36.4 Å². The van der Waals surface area contributed by atoms with E-state index in [0.717, 1.165) is 61.6 Å². The van der Waals surface area contributed by atoms with Crippen molar-refractivity contribution in [3.05, 3.63) is 107 Å². The summed E-state index contributed by atoms with van der Waals surface area (Å²) in [6, 6.07) is 28.3. The molecule has 0 fully saturated rings. The van der Waals surface area contributed by atoms with Crippen LogP contribution in [0, 0.1) is 0 Å². The van der Waals surface area contributed by atoms with Crippen LogP contribution < -0.4 is 11.5 Å². The number of carbonyl (C=O) groups excluding carboxylic acids is 1. The second-order valence-electron chi connectivity index (χ2n) is 8.86. The fourth-order valence-corrected chi connectivity index (χ4v) is 5.13. The number of fused-ring (bicyclic) bond motifs is 4. The molecule has 5 N–H and O–H groups in total. The van der Waals surface area contributed by atoms with Crippen molar-refractivity contribution >= 4 is 51.2 Å². The van der Waals surface area contributed by atoms with E-state index in [-0.39, 0.29) is 12.4 Å². The van der Waals surface area contributed by atoms with Gasteiger partial charge in [-0.3, -0.25) is 4.79 Å². The maximum absolute atomic E-state index is 12.0.